The Morgan fingerprint density at radius 1 is 1.26 bits per heavy atom. The van der Waals surface area contributed by atoms with Crippen molar-refractivity contribution in [2.24, 2.45) is 12.0 Å². The van der Waals surface area contributed by atoms with Crippen molar-refractivity contribution in [1.29, 1.82) is 0 Å². The number of hydrogen-bond acceptors (Lipinski definition) is 4. The largest absolute Gasteiger partial charge is 0.454 e. The molecule has 1 aliphatic heterocycles. The maximum absolute atomic E-state index is 5.57. The Labute approximate surface area is 202 Å². The average molecular weight is 539 g/mol. The molecule has 31 heavy (non-hydrogen) atoms. The first-order chi connectivity index (χ1) is 14.4. The molecule has 1 aromatic heterocycles. The predicted octanol–water partition coefficient (Wildman–Crippen LogP) is 3.60. The number of nitrogens with one attached hydrogen (secondary N) is 2. The van der Waals surface area contributed by atoms with Crippen LogP contribution in [0, 0.1) is 13.8 Å². The molecule has 0 bridgehead atoms. The highest BCUT2D eigenvalue weighted by atomic mass is 127. The Hall–Kier alpha value is -1.97. The molecule has 170 valence electrons. The molecule has 2 aromatic rings. The van der Waals surface area contributed by atoms with Crippen LogP contribution in [-0.4, -0.2) is 41.7 Å². The van der Waals surface area contributed by atoms with Crippen molar-refractivity contribution in [1.82, 2.24) is 20.4 Å². The summed E-state index contributed by atoms with van der Waals surface area (Å²) in [4.78, 5) is 4.95. The SMILES string of the molecule is CCNC(=NCC1(c2ccc3c(c2)OCO3)CC1)NC(C)Cc1c(C)nn(C)c1C.I. The Bertz CT molecular complexity index is 952. The van der Waals surface area contributed by atoms with E-state index < -0.39 is 0 Å². The van der Waals surface area contributed by atoms with Crippen LogP contribution in [0.2, 0.25) is 0 Å². The molecule has 2 heterocycles. The van der Waals surface area contributed by atoms with Crippen molar-refractivity contribution < 1.29 is 9.47 Å². The fourth-order valence-corrected chi connectivity index (χ4v) is 4.17. The standard InChI is InChI=1S/C23H33N5O2.HI/c1-6-24-22(26-15(2)11-19-16(3)27-28(5)17(19)4)25-13-23(9-10-23)18-7-8-20-21(12-18)30-14-29-20;/h7-8,12,15H,6,9-11,13-14H2,1-5H3,(H2,24,25,26);1H. The second kappa shape index (κ2) is 9.67. The number of halogens is 1. The number of nitrogens with zero attached hydrogens (tertiary/aromatic N) is 3. The van der Waals surface area contributed by atoms with Crippen molar-refractivity contribution >= 4 is 29.9 Å². The first-order valence-electron chi connectivity index (χ1n) is 10.9. The van der Waals surface area contributed by atoms with Crippen LogP contribution in [-0.2, 0) is 18.9 Å². The lowest BCUT2D eigenvalue weighted by Crippen LogP contribution is -2.43. The van der Waals surface area contributed by atoms with E-state index in [0.29, 0.717) is 6.79 Å². The first kappa shape index (κ1) is 23.7. The molecule has 2 aliphatic rings. The fraction of sp³-hybridized carbons (Fsp3) is 0.565. The Morgan fingerprint density at radius 2 is 2.00 bits per heavy atom. The van der Waals surface area contributed by atoms with Gasteiger partial charge in [0.05, 0.1) is 12.2 Å². The van der Waals surface area contributed by atoms with Crippen molar-refractivity contribution in [2.45, 2.75) is 58.4 Å². The summed E-state index contributed by atoms with van der Waals surface area (Å²) in [5.74, 6) is 2.56. The average Bonchev–Trinajstić information content (AvgIpc) is 3.30. The maximum atomic E-state index is 5.57. The zero-order valence-corrected chi connectivity index (χ0v) is 21.4. The van der Waals surface area contributed by atoms with Crippen molar-refractivity contribution in [3.63, 3.8) is 0 Å². The molecule has 1 aliphatic carbocycles. The van der Waals surface area contributed by atoms with Crippen LogP contribution in [0.1, 0.15) is 49.2 Å². The summed E-state index contributed by atoms with van der Waals surface area (Å²) in [5, 5.41) is 11.5. The first-order valence-corrected chi connectivity index (χ1v) is 10.9. The van der Waals surface area contributed by atoms with E-state index in [4.69, 9.17) is 14.5 Å². The molecule has 0 saturated heterocycles. The van der Waals surface area contributed by atoms with Gasteiger partial charge in [-0.25, -0.2) is 0 Å². The molecule has 1 aromatic carbocycles. The lowest BCUT2D eigenvalue weighted by atomic mass is 9.96. The zero-order valence-electron chi connectivity index (χ0n) is 19.1. The van der Waals surface area contributed by atoms with Crippen LogP contribution >= 0.6 is 24.0 Å². The Balaban J connectivity index is 0.00000272. The van der Waals surface area contributed by atoms with Crippen LogP contribution < -0.4 is 20.1 Å². The molecule has 1 atom stereocenters. The van der Waals surface area contributed by atoms with Crippen LogP contribution in [0.5, 0.6) is 11.5 Å². The van der Waals surface area contributed by atoms with Gasteiger partial charge < -0.3 is 20.1 Å². The molecule has 1 saturated carbocycles. The maximum Gasteiger partial charge on any atom is 0.231 e. The van der Waals surface area contributed by atoms with Crippen molar-refractivity contribution in [2.75, 3.05) is 19.9 Å². The van der Waals surface area contributed by atoms with E-state index >= 15 is 0 Å². The zero-order chi connectivity index (χ0) is 21.3. The molecule has 7 nitrogen and oxygen atoms in total. The summed E-state index contributed by atoms with van der Waals surface area (Å²) < 4.78 is 13.0. The van der Waals surface area contributed by atoms with Gasteiger partial charge in [-0.3, -0.25) is 9.67 Å². The number of hydrogen-bond donors (Lipinski definition) is 2. The quantitative estimate of drug-likeness (QED) is 0.320. The van der Waals surface area contributed by atoms with Gasteiger partial charge in [0.25, 0.3) is 0 Å². The van der Waals surface area contributed by atoms with Crippen LogP contribution in [0.15, 0.2) is 23.2 Å². The summed E-state index contributed by atoms with van der Waals surface area (Å²) in [6, 6.07) is 6.56. The van der Waals surface area contributed by atoms with Gasteiger partial charge in [-0.05, 0) is 70.2 Å². The lowest BCUT2D eigenvalue weighted by molar-refractivity contribution is 0.174. The van der Waals surface area contributed by atoms with Gasteiger partial charge in [0.2, 0.25) is 6.79 Å². The molecule has 0 radical (unpaired) electrons. The molecule has 2 N–H and O–H groups in total. The minimum atomic E-state index is 0. The van der Waals surface area contributed by atoms with Gasteiger partial charge in [-0.15, -0.1) is 24.0 Å². The highest BCUT2D eigenvalue weighted by Crippen LogP contribution is 2.50. The third-order valence-electron chi connectivity index (χ3n) is 6.27. The minimum absolute atomic E-state index is 0. The number of rotatable bonds is 7. The van der Waals surface area contributed by atoms with Crippen LogP contribution in [0.3, 0.4) is 0 Å². The highest BCUT2D eigenvalue weighted by Gasteiger charge is 2.44. The molecule has 0 amide bonds. The smallest absolute Gasteiger partial charge is 0.231 e. The molecule has 1 unspecified atom stereocenters. The van der Waals surface area contributed by atoms with E-state index in [1.165, 1.54) is 16.8 Å². The molecule has 4 rings (SSSR count). The van der Waals surface area contributed by atoms with E-state index in [0.717, 1.165) is 55.5 Å². The summed E-state index contributed by atoms with van der Waals surface area (Å²) in [6.07, 6.45) is 3.22. The number of ether oxygens (including phenoxy) is 2. The third-order valence-corrected chi connectivity index (χ3v) is 6.27. The Kier molecular flexibility index (Phi) is 7.39. The van der Waals surface area contributed by atoms with E-state index in [2.05, 4.69) is 55.6 Å². The van der Waals surface area contributed by atoms with E-state index in [9.17, 15) is 0 Å². The van der Waals surface area contributed by atoms with E-state index in [1.807, 2.05) is 17.8 Å². The van der Waals surface area contributed by atoms with Gasteiger partial charge >= 0.3 is 0 Å². The van der Waals surface area contributed by atoms with E-state index in [1.54, 1.807) is 0 Å². The third kappa shape index (κ3) is 5.10. The molecule has 1 fully saturated rings. The second-order valence-electron chi connectivity index (χ2n) is 8.57. The molecule has 8 heteroatoms. The number of guanidine groups is 1. The lowest BCUT2D eigenvalue weighted by Gasteiger charge is -2.20. The molecular weight excluding hydrogens is 505 g/mol. The van der Waals surface area contributed by atoms with Gasteiger partial charge in [0.15, 0.2) is 17.5 Å². The monoisotopic (exact) mass is 539 g/mol. The van der Waals surface area contributed by atoms with Gasteiger partial charge in [0.1, 0.15) is 0 Å². The number of aryl methyl sites for hydroxylation is 2. The number of aliphatic imine (C=N–C) groups is 1. The normalized spacial score (nSPS) is 17.1. The van der Waals surface area contributed by atoms with Gasteiger partial charge in [-0.2, -0.15) is 5.10 Å². The summed E-state index contributed by atoms with van der Waals surface area (Å²) in [7, 11) is 2.00. The fourth-order valence-electron chi connectivity index (χ4n) is 4.17. The number of aromatic nitrogens is 2. The molecular formula is C23H34IN5O2. The highest BCUT2D eigenvalue weighted by molar-refractivity contribution is 14.0. The number of fused-ring (bicyclic) bond motifs is 1. The summed E-state index contributed by atoms with van der Waals surface area (Å²) in [5.41, 5.74) is 5.05. The van der Waals surface area contributed by atoms with Crippen molar-refractivity contribution in [3.05, 3.63) is 40.7 Å². The minimum Gasteiger partial charge on any atom is -0.454 e. The number of benzene rings is 1. The van der Waals surface area contributed by atoms with Crippen LogP contribution in [0.25, 0.3) is 0 Å². The van der Waals surface area contributed by atoms with Gasteiger partial charge in [-0.1, -0.05) is 6.07 Å². The van der Waals surface area contributed by atoms with Crippen LogP contribution in [0.4, 0.5) is 0 Å². The van der Waals surface area contributed by atoms with E-state index in [-0.39, 0.29) is 35.4 Å². The topological polar surface area (TPSA) is 72.7 Å². The second-order valence-corrected chi connectivity index (χ2v) is 8.57. The van der Waals surface area contributed by atoms with Gasteiger partial charge in [0, 0.05) is 30.7 Å². The summed E-state index contributed by atoms with van der Waals surface area (Å²) >= 11 is 0. The summed E-state index contributed by atoms with van der Waals surface area (Å²) in [6.45, 7) is 10.4. The van der Waals surface area contributed by atoms with Crippen molar-refractivity contribution in [3.8, 4) is 11.5 Å². The molecule has 0 spiro atoms. The predicted molar refractivity (Wildman–Crippen MR) is 134 cm³/mol. The Morgan fingerprint density at radius 3 is 2.65 bits per heavy atom.